The zero-order valence-electron chi connectivity index (χ0n) is 18.9. The Hall–Kier alpha value is -3.44. The number of hydrogen-bond donors (Lipinski definition) is 0. The molecule has 0 spiro atoms. The Labute approximate surface area is 198 Å². The van der Waals surface area contributed by atoms with Crippen LogP contribution in [0.2, 0.25) is 5.02 Å². The Morgan fingerprint density at radius 1 is 0.879 bits per heavy atom. The summed E-state index contributed by atoms with van der Waals surface area (Å²) in [5, 5.41) is 2.20. The summed E-state index contributed by atoms with van der Waals surface area (Å²) in [5.74, 6) is 2.77. The average molecular weight is 464 g/mol. The SMILES string of the molecule is CCCCOc1ccc(N=c2cc(-c3ccc(OC)c(OC)c3)oc3ccc(Cl)cc23)cc1. The van der Waals surface area contributed by atoms with E-state index in [0.29, 0.717) is 34.5 Å². The summed E-state index contributed by atoms with van der Waals surface area (Å²) in [7, 11) is 3.22. The second-order valence-corrected chi connectivity index (χ2v) is 7.95. The van der Waals surface area contributed by atoms with Crippen LogP contribution in [-0.4, -0.2) is 20.8 Å². The lowest BCUT2D eigenvalue weighted by atomic mass is 10.1. The van der Waals surface area contributed by atoms with E-state index in [-0.39, 0.29) is 0 Å². The van der Waals surface area contributed by atoms with Crippen LogP contribution in [0.15, 0.2) is 76.1 Å². The van der Waals surface area contributed by atoms with Gasteiger partial charge in [0, 0.05) is 22.0 Å². The lowest BCUT2D eigenvalue weighted by Gasteiger charge is -2.10. The normalized spacial score (nSPS) is 11.6. The third-order valence-corrected chi connectivity index (χ3v) is 5.46. The van der Waals surface area contributed by atoms with E-state index in [1.807, 2.05) is 60.7 Å². The summed E-state index contributed by atoms with van der Waals surface area (Å²) in [4.78, 5) is 4.88. The topological polar surface area (TPSA) is 53.2 Å². The molecule has 0 bridgehead atoms. The number of nitrogens with zero attached hydrogens (tertiary/aromatic N) is 1. The lowest BCUT2D eigenvalue weighted by Crippen LogP contribution is -2.03. The third kappa shape index (κ3) is 5.32. The minimum absolute atomic E-state index is 0.618. The van der Waals surface area contributed by atoms with Gasteiger partial charge in [0.1, 0.15) is 17.1 Å². The van der Waals surface area contributed by atoms with Crippen LogP contribution in [0.1, 0.15) is 19.8 Å². The van der Waals surface area contributed by atoms with Crippen LogP contribution in [0.25, 0.3) is 22.3 Å². The molecule has 0 N–H and O–H groups in total. The van der Waals surface area contributed by atoms with Gasteiger partial charge in [0.25, 0.3) is 0 Å². The summed E-state index contributed by atoms with van der Waals surface area (Å²) < 4.78 is 22.8. The van der Waals surface area contributed by atoms with Gasteiger partial charge in [0.05, 0.1) is 31.9 Å². The highest BCUT2D eigenvalue weighted by atomic mass is 35.5. The highest BCUT2D eigenvalue weighted by Gasteiger charge is 2.11. The van der Waals surface area contributed by atoms with Crippen LogP contribution in [0.5, 0.6) is 17.2 Å². The smallest absolute Gasteiger partial charge is 0.161 e. The fraction of sp³-hybridized carbons (Fsp3) is 0.222. The highest BCUT2D eigenvalue weighted by molar-refractivity contribution is 6.31. The first-order chi connectivity index (χ1) is 16.1. The van der Waals surface area contributed by atoms with Crippen LogP contribution in [0, 0.1) is 0 Å². The molecule has 1 heterocycles. The second-order valence-electron chi connectivity index (χ2n) is 7.51. The number of methoxy groups -OCH3 is 2. The molecule has 0 aliphatic carbocycles. The molecule has 6 heteroatoms. The summed E-state index contributed by atoms with van der Waals surface area (Å²) in [6.07, 6.45) is 2.13. The number of halogens is 1. The predicted octanol–water partition coefficient (Wildman–Crippen LogP) is 7.18. The molecule has 0 radical (unpaired) electrons. The van der Waals surface area contributed by atoms with Crippen molar-refractivity contribution in [3.05, 3.63) is 77.1 Å². The Morgan fingerprint density at radius 2 is 1.67 bits per heavy atom. The van der Waals surface area contributed by atoms with Gasteiger partial charge in [-0.15, -0.1) is 0 Å². The molecule has 0 saturated heterocycles. The Kier molecular flexibility index (Phi) is 7.20. The molecule has 0 saturated carbocycles. The molecule has 33 heavy (non-hydrogen) atoms. The first-order valence-corrected chi connectivity index (χ1v) is 11.2. The number of fused-ring (bicyclic) bond motifs is 1. The number of unbranched alkanes of at least 4 members (excludes halogenated alkanes) is 1. The molecule has 0 unspecified atom stereocenters. The van der Waals surface area contributed by atoms with Gasteiger partial charge >= 0.3 is 0 Å². The zero-order chi connectivity index (χ0) is 23.2. The monoisotopic (exact) mass is 463 g/mol. The molecule has 0 atom stereocenters. The van der Waals surface area contributed by atoms with Gasteiger partial charge in [-0.05, 0) is 67.1 Å². The van der Waals surface area contributed by atoms with Gasteiger partial charge in [-0.25, -0.2) is 4.99 Å². The maximum atomic E-state index is 6.27. The maximum Gasteiger partial charge on any atom is 0.161 e. The summed E-state index contributed by atoms with van der Waals surface area (Å²) in [6, 6.07) is 20.8. The molecule has 0 aliphatic heterocycles. The fourth-order valence-corrected chi connectivity index (χ4v) is 3.63. The Balaban J connectivity index is 1.79. The van der Waals surface area contributed by atoms with Crippen LogP contribution in [0.3, 0.4) is 0 Å². The van der Waals surface area contributed by atoms with Gasteiger partial charge in [-0.3, -0.25) is 0 Å². The van der Waals surface area contributed by atoms with Crippen molar-refractivity contribution in [2.45, 2.75) is 19.8 Å². The molecular formula is C27H26ClNO4. The Bertz CT molecular complexity index is 1310. The Morgan fingerprint density at radius 3 is 2.39 bits per heavy atom. The first kappa shape index (κ1) is 22.7. The average Bonchev–Trinajstić information content (AvgIpc) is 2.85. The van der Waals surface area contributed by atoms with Crippen molar-refractivity contribution in [1.82, 2.24) is 0 Å². The van der Waals surface area contributed by atoms with Crippen molar-refractivity contribution >= 4 is 28.3 Å². The molecule has 4 rings (SSSR count). The second kappa shape index (κ2) is 10.5. The molecule has 3 aromatic carbocycles. The predicted molar refractivity (Wildman–Crippen MR) is 132 cm³/mol. The molecule has 1 aromatic heterocycles. The number of benzene rings is 3. The van der Waals surface area contributed by atoms with E-state index < -0.39 is 0 Å². The molecule has 170 valence electrons. The largest absolute Gasteiger partial charge is 0.494 e. The highest BCUT2D eigenvalue weighted by Crippen LogP contribution is 2.33. The van der Waals surface area contributed by atoms with Crippen molar-refractivity contribution in [2.24, 2.45) is 4.99 Å². The van der Waals surface area contributed by atoms with E-state index in [2.05, 4.69) is 6.92 Å². The van der Waals surface area contributed by atoms with E-state index >= 15 is 0 Å². The minimum atomic E-state index is 0.618. The molecule has 0 fully saturated rings. The fourth-order valence-electron chi connectivity index (χ4n) is 3.46. The van der Waals surface area contributed by atoms with Gasteiger partial charge in [-0.2, -0.15) is 0 Å². The summed E-state index contributed by atoms with van der Waals surface area (Å²) in [5.41, 5.74) is 2.34. The molecule has 0 amide bonds. The number of ether oxygens (including phenoxy) is 3. The zero-order valence-corrected chi connectivity index (χ0v) is 19.7. The van der Waals surface area contributed by atoms with E-state index in [0.717, 1.165) is 40.6 Å². The van der Waals surface area contributed by atoms with Gasteiger partial charge < -0.3 is 18.6 Å². The van der Waals surface area contributed by atoms with E-state index in [1.54, 1.807) is 20.3 Å². The molecule has 0 aliphatic rings. The quantitative estimate of drug-likeness (QED) is 0.260. The van der Waals surface area contributed by atoms with Crippen LogP contribution >= 0.6 is 11.6 Å². The van der Waals surface area contributed by atoms with Crippen molar-refractivity contribution in [3.63, 3.8) is 0 Å². The third-order valence-electron chi connectivity index (χ3n) is 5.23. The number of rotatable bonds is 8. The van der Waals surface area contributed by atoms with Gasteiger partial charge in [0.2, 0.25) is 0 Å². The number of hydrogen-bond acceptors (Lipinski definition) is 5. The molecular weight excluding hydrogens is 438 g/mol. The van der Waals surface area contributed by atoms with E-state index in [1.165, 1.54) is 0 Å². The van der Waals surface area contributed by atoms with Crippen molar-refractivity contribution in [2.75, 3.05) is 20.8 Å². The first-order valence-electron chi connectivity index (χ1n) is 10.8. The molecule has 5 nitrogen and oxygen atoms in total. The molecule has 4 aromatic rings. The summed E-state index contributed by atoms with van der Waals surface area (Å²) in [6.45, 7) is 2.86. The van der Waals surface area contributed by atoms with Gasteiger partial charge in [0.15, 0.2) is 11.5 Å². The standard InChI is InChI=1S/C27H26ClNO4/c1-4-5-14-32-21-10-8-20(9-11-21)29-23-17-26(33-24-13-7-19(28)16-22(23)24)18-6-12-25(30-2)27(15-18)31-3/h6-13,15-17H,4-5,14H2,1-3H3. The van der Waals surface area contributed by atoms with E-state index in [4.69, 9.17) is 35.2 Å². The summed E-state index contributed by atoms with van der Waals surface area (Å²) >= 11 is 6.27. The van der Waals surface area contributed by atoms with Crippen molar-refractivity contribution in [1.29, 1.82) is 0 Å². The minimum Gasteiger partial charge on any atom is -0.494 e. The van der Waals surface area contributed by atoms with Crippen LogP contribution in [-0.2, 0) is 0 Å². The van der Waals surface area contributed by atoms with Gasteiger partial charge in [-0.1, -0.05) is 24.9 Å². The van der Waals surface area contributed by atoms with Crippen molar-refractivity contribution < 1.29 is 18.6 Å². The lowest BCUT2D eigenvalue weighted by molar-refractivity contribution is 0.309. The van der Waals surface area contributed by atoms with E-state index in [9.17, 15) is 0 Å². The van der Waals surface area contributed by atoms with Crippen molar-refractivity contribution in [3.8, 4) is 28.6 Å². The van der Waals surface area contributed by atoms with Crippen LogP contribution < -0.4 is 19.6 Å². The van der Waals surface area contributed by atoms with Crippen LogP contribution in [0.4, 0.5) is 5.69 Å². The maximum absolute atomic E-state index is 6.27.